The Morgan fingerprint density at radius 3 is 2.72 bits per heavy atom. The average Bonchev–Trinajstić information content (AvgIpc) is 3.13. The van der Waals surface area contributed by atoms with Gasteiger partial charge in [0.1, 0.15) is 11.4 Å². The van der Waals surface area contributed by atoms with Crippen molar-refractivity contribution in [3.05, 3.63) is 23.8 Å². The Kier molecular flexibility index (Phi) is 8.69. The Morgan fingerprint density at radius 1 is 1.19 bits per heavy atom. The number of hydrogen-bond acceptors (Lipinski definition) is 5. The van der Waals surface area contributed by atoms with E-state index >= 15 is 0 Å². The molecule has 0 radical (unpaired) electrons. The van der Waals surface area contributed by atoms with E-state index in [2.05, 4.69) is 30.0 Å². The van der Waals surface area contributed by atoms with Crippen LogP contribution in [-0.4, -0.2) is 62.6 Å². The summed E-state index contributed by atoms with van der Waals surface area (Å²) < 4.78 is 17.2. The SMILES string of the molecule is CCCCOc1cccc2c1CC(C1CCCN(C(=O)OC(C)(C)C)C1)N2CCCOC. The van der Waals surface area contributed by atoms with Gasteiger partial charge in [0.15, 0.2) is 0 Å². The summed E-state index contributed by atoms with van der Waals surface area (Å²) in [6.45, 7) is 12.0. The van der Waals surface area contributed by atoms with Gasteiger partial charge >= 0.3 is 6.09 Å². The zero-order chi connectivity index (χ0) is 23.1. The highest BCUT2D eigenvalue weighted by atomic mass is 16.6. The second-order valence-electron chi connectivity index (χ2n) is 10.1. The number of piperidine rings is 1. The third-order valence-electron chi connectivity index (χ3n) is 6.39. The lowest BCUT2D eigenvalue weighted by Gasteiger charge is -2.40. The molecule has 1 fully saturated rings. The molecule has 2 aliphatic heterocycles. The van der Waals surface area contributed by atoms with Crippen LogP contribution in [0, 0.1) is 5.92 Å². The first-order valence-corrected chi connectivity index (χ1v) is 12.3. The van der Waals surface area contributed by atoms with Gasteiger partial charge in [-0.3, -0.25) is 0 Å². The molecule has 2 heterocycles. The average molecular weight is 447 g/mol. The summed E-state index contributed by atoms with van der Waals surface area (Å²) >= 11 is 0. The summed E-state index contributed by atoms with van der Waals surface area (Å²) in [7, 11) is 1.76. The molecular weight excluding hydrogens is 404 g/mol. The standard InChI is InChI=1S/C26H42N2O4/c1-6-7-17-31-24-13-8-12-22-21(24)18-23(28(22)15-10-16-30-5)20-11-9-14-27(19-20)25(29)32-26(2,3)4/h8,12-13,20,23H,6-7,9-11,14-19H2,1-5H3. The summed E-state index contributed by atoms with van der Waals surface area (Å²) in [6, 6.07) is 6.81. The summed E-state index contributed by atoms with van der Waals surface area (Å²) in [4.78, 5) is 17.2. The lowest BCUT2D eigenvalue weighted by atomic mass is 9.88. The molecule has 1 aromatic rings. The molecule has 0 aromatic heterocycles. The van der Waals surface area contributed by atoms with E-state index in [0.29, 0.717) is 12.0 Å². The van der Waals surface area contributed by atoms with Crippen LogP contribution in [0.1, 0.15) is 65.4 Å². The summed E-state index contributed by atoms with van der Waals surface area (Å²) in [5.41, 5.74) is 2.14. The molecule has 2 atom stereocenters. The van der Waals surface area contributed by atoms with Crippen molar-refractivity contribution in [1.29, 1.82) is 0 Å². The van der Waals surface area contributed by atoms with Crippen LogP contribution >= 0.6 is 0 Å². The fourth-order valence-electron chi connectivity index (χ4n) is 4.89. The molecule has 6 heteroatoms. The van der Waals surface area contributed by atoms with E-state index in [-0.39, 0.29) is 6.09 Å². The van der Waals surface area contributed by atoms with Gasteiger partial charge in [0, 0.05) is 50.6 Å². The maximum atomic E-state index is 12.7. The first kappa shape index (κ1) is 24.7. The Hall–Kier alpha value is -1.95. The number of likely N-dealkylation sites (tertiary alicyclic amines) is 1. The zero-order valence-corrected chi connectivity index (χ0v) is 20.7. The molecule has 0 bridgehead atoms. The van der Waals surface area contributed by atoms with Crippen molar-refractivity contribution in [2.24, 2.45) is 5.92 Å². The molecule has 0 N–H and O–H groups in total. The lowest BCUT2D eigenvalue weighted by molar-refractivity contribution is 0.0152. The Balaban J connectivity index is 1.77. The largest absolute Gasteiger partial charge is 0.493 e. The van der Waals surface area contributed by atoms with Crippen molar-refractivity contribution in [3.8, 4) is 5.75 Å². The van der Waals surface area contributed by atoms with Gasteiger partial charge in [-0.25, -0.2) is 4.79 Å². The number of carbonyl (C=O) groups excluding carboxylic acids is 1. The quantitative estimate of drug-likeness (QED) is 0.483. The normalized spacial score (nSPS) is 20.9. The van der Waals surface area contributed by atoms with Crippen LogP contribution < -0.4 is 9.64 Å². The third kappa shape index (κ3) is 6.31. The highest BCUT2D eigenvalue weighted by Crippen LogP contribution is 2.42. The number of amides is 1. The smallest absolute Gasteiger partial charge is 0.410 e. The van der Waals surface area contributed by atoms with E-state index in [0.717, 1.165) is 77.1 Å². The highest BCUT2D eigenvalue weighted by Gasteiger charge is 2.39. The topological polar surface area (TPSA) is 51.2 Å². The van der Waals surface area contributed by atoms with Crippen LogP contribution in [0.5, 0.6) is 5.75 Å². The maximum Gasteiger partial charge on any atom is 0.410 e. The Bertz CT molecular complexity index is 746. The van der Waals surface area contributed by atoms with Crippen molar-refractivity contribution in [3.63, 3.8) is 0 Å². The van der Waals surface area contributed by atoms with Gasteiger partial charge in [0.05, 0.1) is 6.61 Å². The number of unbranched alkanes of at least 4 members (excludes halogenated alkanes) is 1. The van der Waals surface area contributed by atoms with Gasteiger partial charge in [-0.05, 0) is 70.9 Å². The fraction of sp³-hybridized carbons (Fsp3) is 0.731. The zero-order valence-electron chi connectivity index (χ0n) is 20.7. The Morgan fingerprint density at radius 2 is 2.00 bits per heavy atom. The molecule has 32 heavy (non-hydrogen) atoms. The molecule has 6 nitrogen and oxygen atoms in total. The molecule has 1 aromatic carbocycles. The molecule has 1 saturated heterocycles. The van der Waals surface area contributed by atoms with Crippen LogP contribution in [0.25, 0.3) is 0 Å². The molecular formula is C26H42N2O4. The minimum absolute atomic E-state index is 0.188. The number of carbonyl (C=O) groups is 1. The molecule has 0 aliphatic carbocycles. The molecule has 1 amide bonds. The molecule has 3 rings (SSSR count). The van der Waals surface area contributed by atoms with Crippen molar-refractivity contribution in [2.45, 2.75) is 77.9 Å². The third-order valence-corrected chi connectivity index (χ3v) is 6.39. The van der Waals surface area contributed by atoms with Gasteiger partial charge < -0.3 is 24.0 Å². The predicted molar refractivity (Wildman–Crippen MR) is 129 cm³/mol. The minimum Gasteiger partial charge on any atom is -0.493 e. The van der Waals surface area contributed by atoms with Gasteiger partial charge in [0.25, 0.3) is 0 Å². The molecule has 0 saturated carbocycles. The highest BCUT2D eigenvalue weighted by molar-refractivity contribution is 5.68. The lowest BCUT2D eigenvalue weighted by Crippen LogP contribution is -2.49. The second kappa shape index (κ2) is 11.3. The van der Waals surface area contributed by atoms with E-state index in [1.54, 1.807) is 7.11 Å². The first-order chi connectivity index (χ1) is 15.3. The fourth-order valence-corrected chi connectivity index (χ4v) is 4.89. The molecule has 180 valence electrons. The summed E-state index contributed by atoms with van der Waals surface area (Å²) in [5.74, 6) is 1.43. The number of benzene rings is 1. The molecule has 0 spiro atoms. The Labute approximate surface area is 194 Å². The maximum absolute atomic E-state index is 12.7. The van der Waals surface area contributed by atoms with E-state index in [1.165, 1.54) is 11.3 Å². The van der Waals surface area contributed by atoms with E-state index in [4.69, 9.17) is 14.2 Å². The number of ether oxygens (including phenoxy) is 3. The van der Waals surface area contributed by atoms with Crippen LogP contribution in [0.15, 0.2) is 18.2 Å². The number of nitrogens with zero attached hydrogens (tertiary/aromatic N) is 2. The number of anilines is 1. The van der Waals surface area contributed by atoms with Crippen LogP contribution in [0.2, 0.25) is 0 Å². The van der Waals surface area contributed by atoms with E-state index < -0.39 is 5.60 Å². The summed E-state index contributed by atoms with van der Waals surface area (Å²) in [5, 5.41) is 0. The minimum atomic E-state index is -0.468. The number of hydrogen-bond donors (Lipinski definition) is 0. The predicted octanol–water partition coefficient (Wildman–Crippen LogP) is 5.28. The van der Waals surface area contributed by atoms with Gasteiger partial charge in [-0.2, -0.15) is 0 Å². The van der Waals surface area contributed by atoms with E-state index in [9.17, 15) is 4.79 Å². The summed E-state index contributed by atoms with van der Waals surface area (Å²) in [6.07, 6.45) is 6.11. The van der Waals surface area contributed by atoms with Crippen LogP contribution in [-0.2, 0) is 15.9 Å². The number of methoxy groups -OCH3 is 1. The van der Waals surface area contributed by atoms with Crippen molar-refractivity contribution in [2.75, 3.05) is 44.9 Å². The van der Waals surface area contributed by atoms with Crippen LogP contribution in [0.3, 0.4) is 0 Å². The first-order valence-electron chi connectivity index (χ1n) is 12.3. The van der Waals surface area contributed by atoms with Crippen molar-refractivity contribution in [1.82, 2.24) is 4.90 Å². The van der Waals surface area contributed by atoms with Gasteiger partial charge in [0.2, 0.25) is 0 Å². The van der Waals surface area contributed by atoms with Crippen molar-refractivity contribution >= 4 is 11.8 Å². The molecule has 2 unspecified atom stereocenters. The van der Waals surface area contributed by atoms with E-state index in [1.807, 2.05) is 25.7 Å². The van der Waals surface area contributed by atoms with Gasteiger partial charge in [-0.1, -0.05) is 19.4 Å². The van der Waals surface area contributed by atoms with Crippen molar-refractivity contribution < 1.29 is 19.0 Å². The number of rotatable bonds is 9. The molecule has 2 aliphatic rings. The monoisotopic (exact) mass is 446 g/mol. The number of fused-ring (bicyclic) bond motifs is 1. The second-order valence-corrected chi connectivity index (χ2v) is 10.1. The van der Waals surface area contributed by atoms with Crippen LogP contribution in [0.4, 0.5) is 10.5 Å². The van der Waals surface area contributed by atoms with Gasteiger partial charge in [-0.15, -0.1) is 0 Å².